The Bertz CT molecular complexity index is 417. The third-order valence-electron chi connectivity index (χ3n) is 2.71. The van der Waals surface area contributed by atoms with E-state index in [4.69, 9.17) is 9.47 Å². The Balaban J connectivity index is 2.37. The van der Waals surface area contributed by atoms with Crippen molar-refractivity contribution in [1.29, 1.82) is 0 Å². The molecule has 21 heavy (non-hydrogen) atoms. The van der Waals surface area contributed by atoms with Crippen LogP contribution in [0.5, 0.6) is 0 Å². The van der Waals surface area contributed by atoms with Crippen molar-refractivity contribution >= 4 is 28.7 Å². The van der Waals surface area contributed by atoms with Crippen molar-refractivity contribution < 1.29 is 14.3 Å². The van der Waals surface area contributed by atoms with Gasteiger partial charge in [-0.1, -0.05) is 52.9 Å². The van der Waals surface area contributed by atoms with Crippen molar-refractivity contribution in [3.8, 4) is 0 Å². The third kappa shape index (κ3) is 8.93. The van der Waals surface area contributed by atoms with Gasteiger partial charge in [0.25, 0.3) is 0 Å². The zero-order chi connectivity index (χ0) is 15.7. The molecule has 1 N–H and O–H groups in total. The van der Waals surface area contributed by atoms with Crippen LogP contribution < -0.4 is 5.32 Å². The van der Waals surface area contributed by atoms with Crippen molar-refractivity contribution in [2.45, 2.75) is 45.4 Å². The monoisotopic (exact) mass is 405 g/mol. The zero-order valence-electron chi connectivity index (χ0n) is 12.9. The van der Waals surface area contributed by atoms with E-state index in [-0.39, 0.29) is 18.2 Å². The molecule has 0 unspecified atom stereocenters. The number of hydrogen-bond donors (Lipinski definition) is 1. The van der Waals surface area contributed by atoms with Crippen LogP contribution in [0.15, 0.2) is 30.3 Å². The minimum atomic E-state index is -0.397. The number of carbonyl (C=O) groups is 1. The minimum Gasteiger partial charge on any atom is -0.445 e. The predicted molar refractivity (Wildman–Crippen MR) is 92.8 cm³/mol. The van der Waals surface area contributed by atoms with Gasteiger partial charge >= 0.3 is 6.09 Å². The van der Waals surface area contributed by atoms with E-state index < -0.39 is 6.09 Å². The second-order valence-electron chi connectivity index (χ2n) is 5.80. The van der Waals surface area contributed by atoms with Crippen molar-refractivity contribution in [2.75, 3.05) is 11.0 Å². The second-order valence-corrected chi connectivity index (χ2v) is 6.88. The summed E-state index contributed by atoms with van der Waals surface area (Å²) in [6, 6.07) is 9.61. The first kappa shape index (κ1) is 18.2. The molecular formula is C16H24INO3. The standard InChI is InChI=1S/C16H24INO3/c1-16(2,3)21-12-14(9-10-17)18-15(19)20-11-13-7-5-4-6-8-13/h4-8,14H,9-12H2,1-3H3,(H,18,19)/t14-/m0/s1. The fraction of sp³-hybridized carbons (Fsp3) is 0.562. The summed E-state index contributed by atoms with van der Waals surface area (Å²) in [5, 5.41) is 2.87. The van der Waals surface area contributed by atoms with Crippen molar-refractivity contribution in [3.63, 3.8) is 0 Å². The molecule has 0 heterocycles. The topological polar surface area (TPSA) is 47.6 Å². The van der Waals surface area contributed by atoms with E-state index in [0.29, 0.717) is 6.61 Å². The van der Waals surface area contributed by atoms with Gasteiger partial charge in [0.2, 0.25) is 0 Å². The summed E-state index contributed by atoms with van der Waals surface area (Å²) in [7, 11) is 0. The molecule has 0 saturated carbocycles. The van der Waals surface area contributed by atoms with Crippen LogP contribution in [-0.2, 0) is 16.1 Å². The zero-order valence-corrected chi connectivity index (χ0v) is 15.1. The van der Waals surface area contributed by atoms with Gasteiger partial charge in [0.05, 0.1) is 18.2 Å². The summed E-state index contributed by atoms with van der Waals surface area (Å²) in [6.07, 6.45) is 0.461. The average molecular weight is 405 g/mol. The van der Waals surface area contributed by atoms with Crippen LogP contribution in [0.4, 0.5) is 4.79 Å². The number of halogens is 1. The van der Waals surface area contributed by atoms with E-state index >= 15 is 0 Å². The first-order chi connectivity index (χ1) is 9.90. The first-order valence-electron chi connectivity index (χ1n) is 7.08. The van der Waals surface area contributed by atoms with Gasteiger partial charge in [0.1, 0.15) is 6.61 Å². The van der Waals surface area contributed by atoms with Crippen molar-refractivity contribution in [1.82, 2.24) is 5.32 Å². The Kier molecular flexibility index (Phi) is 8.03. The van der Waals surface area contributed by atoms with Crippen LogP contribution in [0.3, 0.4) is 0 Å². The lowest BCUT2D eigenvalue weighted by Gasteiger charge is -2.24. The summed E-state index contributed by atoms with van der Waals surface area (Å²) < 4.78 is 11.9. The maximum atomic E-state index is 11.8. The molecule has 4 nitrogen and oxygen atoms in total. The lowest BCUT2D eigenvalue weighted by Crippen LogP contribution is -2.40. The van der Waals surface area contributed by atoms with E-state index in [1.807, 2.05) is 51.1 Å². The number of alkyl halides is 1. The van der Waals surface area contributed by atoms with Crippen LogP contribution in [-0.4, -0.2) is 28.8 Å². The van der Waals surface area contributed by atoms with Crippen LogP contribution in [0.25, 0.3) is 0 Å². The summed E-state index contributed by atoms with van der Waals surface area (Å²) in [6.45, 7) is 6.78. The Morgan fingerprint density at radius 1 is 1.29 bits per heavy atom. The van der Waals surface area contributed by atoms with Gasteiger partial charge < -0.3 is 14.8 Å². The fourth-order valence-electron chi connectivity index (χ4n) is 1.61. The molecule has 0 aromatic heterocycles. The number of ether oxygens (including phenoxy) is 2. The lowest BCUT2D eigenvalue weighted by molar-refractivity contribution is -0.0148. The van der Waals surface area contributed by atoms with Crippen LogP contribution in [0.1, 0.15) is 32.8 Å². The molecule has 118 valence electrons. The van der Waals surface area contributed by atoms with Gasteiger partial charge in [-0.25, -0.2) is 4.79 Å². The number of hydrogen-bond acceptors (Lipinski definition) is 3. The van der Waals surface area contributed by atoms with E-state index in [9.17, 15) is 4.79 Å². The SMILES string of the molecule is CC(C)(C)OC[C@H](CCI)NC(=O)OCc1ccccc1. The van der Waals surface area contributed by atoms with Crippen LogP contribution >= 0.6 is 22.6 Å². The van der Waals surface area contributed by atoms with E-state index in [2.05, 4.69) is 27.9 Å². The van der Waals surface area contributed by atoms with Gasteiger partial charge in [-0.05, 0) is 32.8 Å². The summed E-state index contributed by atoms with van der Waals surface area (Å²) in [5.74, 6) is 0. The molecule has 1 aromatic rings. The Hall–Kier alpha value is -0.820. The van der Waals surface area contributed by atoms with Gasteiger partial charge in [-0.3, -0.25) is 0 Å². The molecule has 0 fully saturated rings. The van der Waals surface area contributed by atoms with Gasteiger partial charge in [0.15, 0.2) is 0 Å². The Morgan fingerprint density at radius 2 is 1.95 bits per heavy atom. The molecule has 0 aliphatic heterocycles. The molecule has 0 aliphatic rings. The molecular weight excluding hydrogens is 381 g/mol. The molecule has 1 atom stereocenters. The maximum absolute atomic E-state index is 11.8. The first-order valence-corrected chi connectivity index (χ1v) is 8.60. The maximum Gasteiger partial charge on any atom is 0.407 e. The molecule has 1 aromatic carbocycles. The number of rotatable bonds is 7. The molecule has 1 rings (SSSR count). The Labute approximate surface area is 140 Å². The molecule has 0 saturated heterocycles. The number of nitrogens with one attached hydrogen (secondary N) is 1. The molecule has 0 spiro atoms. The summed E-state index contributed by atoms with van der Waals surface area (Å²) in [4.78, 5) is 11.8. The van der Waals surface area contributed by atoms with Crippen molar-refractivity contribution in [3.05, 3.63) is 35.9 Å². The van der Waals surface area contributed by atoms with Gasteiger partial charge in [-0.15, -0.1) is 0 Å². The Morgan fingerprint density at radius 3 is 2.52 bits per heavy atom. The highest BCUT2D eigenvalue weighted by Gasteiger charge is 2.17. The fourth-order valence-corrected chi connectivity index (χ4v) is 2.36. The molecule has 0 radical (unpaired) electrons. The minimum absolute atomic E-state index is 0.0237. The molecule has 0 aliphatic carbocycles. The third-order valence-corrected chi connectivity index (χ3v) is 3.33. The smallest absolute Gasteiger partial charge is 0.407 e. The van der Waals surface area contributed by atoms with E-state index in [1.165, 1.54) is 0 Å². The van der Waals surface area contributed by atoms with E-state index in [0.717, 1.165) is 16.4 Å². The lowest BCUT2D eigenvalue weighted by atomic mass is 10.2. The predicted octanol–water partition coefficient (Wildman–Crippen LogP) is 3.92. The van der Waals surface area contributed by atoms with E-state index in [1.54, 1.807) is 0 Å². The molecule has 5 heteroatoms. The summed E-state index contributed by atoms with van der Waals surface area (Å²) in [5.41, 5.74) is 0.767. The van der Waals surface area contributed by atoms with Crippen LogP contribution in [0.2, 0.25) is 0 Å². The average Bonchev–Trinajstić information content (AvgIpc) is 2.43. The quantitative estimate of drug-likeness (QED) is 0.553. The molecule has 0 bridgehead atoms. The molecule has 1 amide bonds. The summed E-state index contributed by atoms with van der Waals surface area (Å²) >= 11 is 2.29. The highest BCUT2D eigenvalue weighted by Crippen LogP contribution is 2.09. The van der Waals surface area contributed by atoms with Crippen molar-refractivity contribution in [2.24, 2.45) is 0 Å². The highest BCUT2D eigenvalue weighted by atomic mass is 127. The van der Waals surface area contributed by atoms with Crippen LogP contribution in [0, 0.1) is 0 Å². The number of alkyl carbamates (subject to hydrolysis) is 1. The van der Waals surface area contributed by atoms with Gasteiger partial charge in [-0.2, -0.15) is 0 Å². The van der Waals surface area contributed by atoms with Gasteiger partial charge in [0, 0.05) is 4.43 Å². The number of amides is 1. The second kappa shape index (κ2) is 9.25. The number of benzene rings is 1. The largest absolute Gasteiger partial charge is 0.445 e. The normalized spacial score (nSPS) is 12.8. The number of carbonyl (C=O) groups excluding carboxylic acids is 1. The highest BCUT2D eigenvalue weighted by molar-refractivity contribution is 14.1.